The van der Waals surface area contributed by atoms with Gasteiger partial charge in [-0.05, 0) is 19.3 Å². The van der Waals surface area contributed by atoms with Gasteiger partial charge >= 0.3 is 6.09 Å². The molecule has 1 rings (SSSR count). The number of hydrogen-bond acceptors (Lipinski definition) is 3. The summed E-state index contributed by atoms with van der Waals surface area (Å²) in [7, 11) is 0. The summed E-state index contributed by atoms with van der Waals surface area (Å²) in [5.74, 6) is 0. The van der Waals surface area contributed by atoms with Crippen molar-refractivity contribution in [3.8, 4) is 0 Å². The molecule has 5 heteroatoms. The number of amides is 1. The van der Waals surface area contributed by atoms with Gasteiger partial charge in [0.25, 0.3) is 0 Å². The van der Waals surface area contributed by atoms with Crippen LogP contribution in [0, 0.1) is 0 Å². The number of alkyl carbamates (subject to hydrolysis) is 1. The smallest absolute Gasteiger partial charge is 0.407 e. The predicted octanol–water partition coefficient (Wildman–Crippen LogP) is 2.26. The van der Waals surface area contributed by atoms with E-state index in [-0.39, 0.29) is 6.09 Å². The second-order valence-electron chi connectivity index (χ2n) is 3.95. The number of aryl methyl sites for hydroxylation is 1. The highest BCUT2D eigenvalue weighted by molar-refractivity contribution is 5.66. The molecular weight excluding hydrogens is 218 g/mol. The maximum absolute atomic E-state index is 11.2. The normalized spacial score (nSPS) is 10.2. The van der Waals surface area contributed by atoms with E-state index in [1.54, 1.807) is 12.5 Å². The highest BCUT2D eigenvalue weighted by atomic mass is 16.5. The lowest BCUT2D eigenvalue weighted by molar-refractivity contribution is 0.144. The Labute approximate surface area is 102 Å². The minimum Gasteiger partial charge on any atom is -0.450 e. The molecule has 0 aliphatic rings. The number of H-pyrrole nitrogens is 1. The van der Waals surface area contributed by atoms with E-state index in [0.29, 0.717) is 13.2 Å². The number of rotatable bonds is 8. The summed E-state index contributed by atoms with van der Waals surface area (Å²) in [6.07, 6.45) is 8.08. The zero-order valence-corrected chi connectivity index (χ0v) is 10.4. The summed E-state index contributed by atoms with van der Waals surface area (Å²) in [5, 5.41) is 2.73. The summed E-state index contributed by atoms with van der Waals surface area (Å²) in [6.45, 7) is 3.28. The molecule has 0 unspecified atom stereocenters. The average Bonchev–Trinajstić information content (AvgIpc) is 2.83. The van der Waals surface area contributed by atoms with Crippen molar-refractivity contribution in [2.24, 2.45) is 0 Å². The van der Waals surface area contributed by atoms with Gasteiger partial charge in [0.1, 0.15) is 0 Å². The first-order valence-electron chi connectivity index (χ1n) is 6.20. The Morgan fingerprint density at radius 3 is 3.06 bits per heavy atom. The Bertz CT molecular complexity index is 299. The molecule has 0 aliphatic heterocycles. The molecule has 5 nitrogen and oxygen atoms in total. The molecule has 0 radical (unpaired) electrons. The molecule has 0 saturated carbocycles. The fourth-order valence-corrected chi connectivity index (χ4v) is 1.47. The van der Waals surface area contributed by atoms with Crippen LogP contribution in [0.3, 0.4) is 0 Å². The van der Waals surface area contributed by atoms with E-state index in [1.807, 2.05) is 0 Å². The van der Waals surface area contributed by atoms with Crippen molar-refractivity contribution in [1.82, 2.24) is 15.3 Å². The molecule has 0 aliphatic carbocycles. The van der Waals surface area contributed by atoms with Gasteiger partial charge < -0.3 is 15.0 Å². The number of carbonyl (C=O) groups is 1. The second kappa shape index (κ2) is 8.61. The highest BCUT2D eigenvalue weighted by Gasteiger charge is 2.00. The van der Waals surface area contributed by atoms with E-state index >= 15 is 0 Å². The topological polar surface area (TPSA) is 67.0 Å². The minimum absolute atomic E-state index is 0.314. The summed E-state index contributed by atoms with van der Waals surface area (Å²) in [6, 6.07) is 0. The first-order chi connectivity index (χ1) is 8.33. The van der Waals surface area contributed by atoms with Gasteiger partial charge in [-0.3, -0.25) is 0 Å². The molecule has 0 aromatic carbocycles. The van der Waals surface area contributed by atoms with Crippen LogP contribution in [0.1, 0.15) is 38.3 Å². The number of unbranched alkanes of at least 4 members (excludes halogenated alkanes) is 2. The maximum Gasteiger partial charge on any atom is 0.407 e. The number of aromatic amines is 1. The summed E-state index contributed by atoms with van der Waals surface area (Å²) < 4.78 is 5.04. The molecule has 1 aromatic rings. The molecule has 96 valence electrons. The van der Waals surface area contributed by atoms with E-state index in [4.69, 9.17) is 4.74 Å². The van der Waals surface area contributed by atoms with Crippen LogP contribution in [0.2, 0.25) is 0 Å². The molecule has 1 aromatic heterocycles. The molecule has 2 N–H and O–H groups in total. The third-order valence-corrected chi connectivity index (χ3v) is 2.43. The third kappa shape index (κ3) is 6.60. The predicted molar refractivity (Wildman–Crippen MR) is 65.8 cm³/mol. The van der Waals surface area contributed by atoms with E-state index in [2.05, 4.69) is 22.2 Å². The molecular formula is C12H21N3O2. The lowest BCUT2D eigenvalue weighted by atomic mass is 10.2. The number of carbonyl (C=O) groups excluding carboxylic acids is 1. The van der Waals surface area contributed by atoms with Crippen molar-refractivity contribution in [1.29, 1.82) is 0 Å². The Morgan fingerprint density at radius 2 is 2.35 bits per heavy atom. The van der Waals surface area contributed by atoms with Crippen LogP contribution >= 0.6 is 0 Å². The number of hydrogen-bond donors (Lipinski definition) is 2. The van der Waals surface area contributed by atoms with Crippen LogP contribution in [0.15, 0.2) is 12.5 Å². The number of nitrogens with zero attached hydrogens (tertiary/aromatic N) is 1. The standard InChI is InChI=1S/C12H21N3O2/c1-2-3-4-7-14-12(16)17-8-5-6-11-9-13-10-15-11/h9-10H,2-8H2,1H3,(H,13,15)(H,14,16). The third-order valence-electron chi connectivity index (χ3n) is 2.43. The van der Waals surface area contributed by atoms with Crippen LogP contribution < -0.4 is 5.32 Å². The largest absolute Gasteiger partial charge is 0.450 e. The summed E-state index contributed by atoms with van der Waals surface area (Å²) in [5.41, 5.74) is 1.07. The van der Waals surface area contributed by atoms with E-state index in [9.17, 15) is 4.79 Å². The van der Waals surface area contributed by atoms with E-state index < -0.39 is 0 Å². The Morgan fingerprint density at radius 1 is 1.47 bits per heavy atom. The fourth-order valence-electron chi connectivity index (χ4n) is 1.47. The number of imidazole rings is 1. The maximum atomic E-state index is 11.2. The van der Waals surface area contributed by atoms with Crippen LogP contribution in [0.5, 0.6) is 0 Å². The quantitative estimate of drug-likeness (QED) is 0.684. The van der Waals surface area contributed by atoms with Gasteiger partial charge in [-0.2, -0.15) is 0 Å². The van der Waals surface area contributed by atoms with Gasteiger partial charge in [-0.25, -0.2) is 9.78 Å². The number of ether oxygens (including phenoxy) is 1. The van der Waals surface area contributed by atoms with Crippen molar-refractivity contribution in [3.63, 3.8) is 0 Å². The first kappa shape index (κ1) is 13.5. The Balaban J connectivity index is 1.93. The van der Waals surface area contributed by atoms with Crippen LogP contribution in [-0.2, 0) is 11.2 Å². The van der Waals surface area contributed by atoms with Crippen LogP contribution in [-0.4, -0.2) is 29.2 Å². The molecule has 0 bridgehead atoms. The van der Waals surface area contributed by atoms with E-state index in [0.717, 1.165) is 37.8 Å². The summed E-state index contributed by atoms with van der Waals surface area (Å²) >= 11 is 0. The minimum atomic E-state index is -0.314. The van der Waals surface area contributed by atoms with Crippen LogP contribution in [0.4, 0.5) is 4.79 Å². The molecule has 17 heavy (non-hydrogen) atoms. The Hall–Kier alpha value is -1.52. The van der Waals surface area contributed by atoms with Gasteiger partial charge in [0.2, 0.25) is 0 Å². The lowest BCUT2D eigenvalue weighted by Crippen LogP contribution is -2.25. The van der Waals surface area contributed by atoms with Gasteiger partial charge in [0, 0.05) is 18.4 Å². The summed E-state index contributed by atoms with van der Waals surface area (Å²) in [4.78, 5) is 18.1. The average molecular weight is 239 g/mol. The van der Waals surface area contributed by atoms with Crippen molar-refractivity contribution in [2.45, 2.75) is 39.0 Å². The van der Waals surface area contributed by atoms with Gasteiger partial charge in [0.05, 0.1) is 12.9 Å². The SMILES string of the molecule is CCCCCNC(=O)OCCCc1cnc[nH]1. The zero-order chi connectivity index (χ0) is 12.3. The van der Waals surface area contributed by atoms with Gasteiger partial charge in [0.15, 0.2) is 0 Å². The first-order valence-corrected chi connectivity index (χ1v) is 6.20. The lowest BCUT2D eigenvalue weighted by Gasteiger charge is -2.06. The van der Waals surface area contributed by atoms with Crippen molar-refractivity contribution in [2.75, 3.05) is 13.2 Å². The van der Waals surface area contributed by atoms with Gasteiger partial charge in [-0.15, -0.1) is 0 Å². The van der Waals surface area contributed by atoms with Crippen LogP contribution in [0.25, 0.3) is 0 Å². The zero-order valence-electron chi connectivity index (χ0n) is 10.4. The van der Waals surface area contributed by atoms with Gasteiger partial charge in [-0.1, -0.05) is 19.8 Å². The molecule has 0 atom stereocenters. The molecule has 0 saturated heterocycles. The fraction of sp³-hybridized carbons (Fsp3) is 0.667. The Kier molecular flexibility index (Phi) is 6.86. The molecule has 1 amide bonds. The number of nitrogens with one attached hydrogen (secondary N) is 2. The van der Waals surface area contributed by atoms with E-state index in [1.165, 1.54) is 0 Å². The monoisotopic (exact) mass is 239 g/mol. The number of aromatic nitrogens is 2. The van der Waals surface area contributed by atoms with Crippen molar-refractivity contribution in [3.05, 3.63) is 18.2 Å². The molecule has 1 heterocycles. The molecule has 0 fully saturated rings. The second-order valence-corrected chi connectivity index (χ2v) is 3.95. The van der Waals surface area contributed by atoms with Crippen molar-refractivity contribution < 1.29 is 9.53 Å². The molecule has 0 spiro atoms. The highest BCUT2D eigenvalue weighted by Crippen LogP contribution is 1.97. The van der Waals surface area contributed by atoms with Crippen molar-refractivity contribution >= 4 is 6.09 Å².